The van der Waals surface area contributed by atoms with Crippen LogP contribution in [0.5, 0.6) is 0 Å². The van der Waals surface area contributed by atoms with Gasteiger partial charge in [0.05, 0.1) is 0 Å². The molecule has 92 valence electrons. The van der Waals surface area contributed by atoms with Gasteiger partial charge in [-0.1, -0.05) is 41.5 Å². The lowest BCUT2D eigenvalue weighted by atomic mass is 9.79. The Morgan fingerprint density at radius 2 is 1.65 bits per heavy atom. The second-order valence-electron chi connectivity index (χ2n) is 6.75. The molecule has 0 spiro atoms. The van der Waals surface area contributed by atoms with E-state index in [1.807, 2.05) is 12.3 Å². The van der Waals surface area contributed by atoms with Gasteiger partial charge in [0.25, 0.3) is 0 Å². The summed E-state index contributed by atoms with van der Waals surface area (Å²) in [5, 5.41) is 0. The van der Waals surface area contributed by atoms with E-state index in [2.05, 4.69) is 63.2 Å². The number of aromatic nitrogens is 2. The van der Waals surface area contributed by atoms with Crippen LogP contribution in [0, 0.1) is 0 Å². The Kier molecular flexibility index (Phi) is 2.57. The Labute approximate surface area is 104 Å². The first-order chi connectivity index (χ1) is 7.71. The van der Waals surface area contributed by atoms with Crippen molar-refractivity contribution in [3.05, 3.63) is 35.8 Å². The van der Waals surface area contributed by atoms with Crippen LogP contribution < -0.4 is 0 Å². The van der Waals surface area contributed by atoms with Crippen molar-refractivity contribution in [2.75, 3.05) is 0 Å². The molecule has 2 heterocycles. The minimum Gasteiger partial charge on any atom is -0.305 e. The summed E-state index contributed by atoms with van der Waals surface area (Å²) < 4.78 is 2.22. The molecule has 0 aliphatic heterocycles. The van der Waals surface area contributed by atoms with Crippen molar-refractivity contribution >= 4 is 5.65 Å². The molecule has 0 saturated heterocycles. The maximum absolute atomic E-state index is 4.45. The van der Waals surface area contributed by atoms with Crippen molar-refractivity contribution in [1.82, 2.24) is 9.38 Å². The number of hydrogen-bond acceptors (Lipinski definition) is 1. The number of hydrogen-bond donors (Lipinski definition) is 0. The van der Waals surface area contributed by atoms with Crippen LogP contribution in [0.4, 0.5) is 0 Å². The van der Waals surface area contributed by atoms with Gasteiger partial charge in [0.1, 0.15) is 5.65 Å². The van der Waals surface area contributed by atoms with E-state index in [1.165, 1.54) is 11.3 Å². The average molecular weight is 230 g/mol. The van der Waals surface area contributed by atoms with Crippen LogP contribution in [0.2, 0.25) is 0 Å². The first-order valence-corrected chi connectivity index (χ1v) is 6.18. The monoisotopic (exact) mass is 230 g/mol. The summed E-state index contributed by atoms with van der Waals surface area (Å²) in [6.07, 6.45) is 3.96. The largest absolute Gasteiger partial charge is 0.305 e. The van der Waals surface area contributed by atoms with Gasteiger partial charge >= 0.3 is 0 Å². The second-order valence-corrected chi connectivity index (χ2v) is 6.75. The lowest BCUT2D eigenvalue weighted by molar-refractivity contribution is 0.515. The molecule has 0 atom stereocenters. The molecule has 0 fully saturated rings. The normalized spacial score (nSPS) is 13.3. The number of rotatable bonds is 0. The Hall–Kier alpha value is -1.31. The summed E-state index contributed by atoms with van der Waals surface area (Å²) in [5.41, 5.74) is 4.08. The van der Waals surface area contributed by atoms with E-state index >= 15 is 0 Å². The van der Waals surface area contributed by atoms with Crippen molar-refractivity contribution in [1.29, 1.82) is 0 Å². The van der Waals surface area contributed by atoms with Crippen LogP contribution in [0.25, 0.3) is 5.65 Å². The van der Waals surface area contributed by atoms with E-state index in [9.17, 15) is 0 Å². The first kappa shape index (κ1) is 12.2. The second kappa shape index (κ2) is 3.59. The van der Waals surface area contributed by atoms with Gasteiger partial charge in [-0.25, -0.2) is 4.98 Å². The van der Waals surface area contributed by atoms with E-state index in [4.69, 9.17) is 0 Å². The molecule has 0 radical (unpaired) electrons. The summed E-state index contributed by atoms with van der Waals surface area (Å²) in [4.78, 5) is 4.45. The van der Waals surface area contributed by atoms with Crippen LogP contribution in [-0.4, -0.2) is 9.38 Å². The summed E-state index contributed by atoms with van der Waals surface area (Å²) in [7, 11) is 0. The molecule has 0 aliphatic carbocycles. The molecule has 2 rings (SSSR count). The Bertz CT molecular complexity index is 536. The van der Waals surface area contributed by atoms with Gasteiger partial charge in [-0.15, -0.1) is 0 Å². The van der Waals surface area contributed by atoms with Gasteiger partial charge in [0, 0.05) is 23.5 Å². The summed E-state index contributed by atoms with van der Waals surface area (Å²) in [5.74, 6) is 0. The van der Waals surface area contributed by atoms with Crippen molar-refractivity contribution in [3.8, 4) is 0 Å². The lowest BCUT2D eigenvalue weighted by Gasteiger charge is -2.27. The molecule has 2 nitrogen and oxygen atoms in total. The average Bonchev–Trinajstić information content (AvgIpc) is 2.54. The molecule has 0 N–H and O–H groups in total. The van der Waals surface area contributed by atoms with Crippen LogP contribution in [-0.2, 0) is 10.8 Å². The maximum Gasteiger partial charge on any atom is 0.137 e. The highest BCUT2D eigenvalue weighted by atomic mass is 15.0. The van der Waals surface area contributed by atoms with Crippen molar-refractivity contribution in [2.24, 2.45) is 0 Å². The molecule has 2 heteroatoms. The molecular formula is C15H22N2. The van der Waals surface area contributed by atoms with E-state index in [0.29, 0.717) is 0 Å². The van der Waals surface area contributed by atoms with Crippen molar-refractivity contribution in [2.45, 2.75) is 52.4 Å². The third kappa shape index (κ3) is 2.08. The van der Waals surface area contributed by atoms with Gasteiger partial charge in [-0.2, -0.15) is 0 Å². The molecule has 0 aromatic carbocycles. The lowest BCUT2D eigenvalue weighted by Crippen LogP contribution is -2.22. The zero-order chi connectivity index (χ0) is 12.8. The van der Waals surface area contributed by atoms with Crippen LogP contribution in [0.1, 0.15) is 52.8 Å². The SMILES string of the molecule is CC(C)(C)c1cc2ncccn2c1C(C)(C)C. The topological polar surface area (TPSA) is 17.3 Å². The molecule has 2 aromatic rings. The minimum atomic E-state index is 0.123. The van der Waals surface area contributed by atoms with E-state index in [1.54, 1.807) is 0 Å². The molecule has 0 saturated carbocycles. The summed E-state index contributed by atoms with van der Waals surface area (Å²) in [6.45, 7) is 13.6. The van der Waals surface area contributed by atoms with Crippen LogP contribution >= 0.6 is 0 Å². The fourth-order valence-electron chi connectivity index (χ4n) is 2.34. The Morgan fingerprint density at radius 1 is 1.00 bits per heavy atom. The Balaban J connectivity index is 2.84. The molecule has 2 aromatic heterocycles. The van der Waals surface area contributed by atoms with Crippen LogP contribution in [0.15, 0.2) is 24.5 Å². The Morgan fingerprint density at radius 3 is 2.18 bits per heavy atom. The standard InChI is InChI=1S/C15H22N2/c1-14(2,3)11-10-12-16-8-7-9-17(12)13(11)15(4,5)6/h7-10H,1-6H3. The maximum atomic E-state index is 4.45. The highest BCUT2D eigenvalue weighted by Crippen LogP contribution is 2.35. The smallest absolute Gasteiger partial charge is 0.137 e. The first-order valence-electron chi connectivity index (χ1n) is 6.18. The third-order valence-corrected chi connectivity index (χ3v) is 3.06. The third-order valence-electron chi connectivity index (χ3n) is 3.06. The molecule has 0 unspecified atom stereocenters. The minimum absolute atomic E-state index is 0.123. The predicted octanol–water partition coefficient (Wildman–Crippen LogP) is 3.93. The highest BCUT2D eigenvalue weighted by Gasteiger charge is 2.28. The fraction of sp³-hybridized carbons (Fsp3) is 0.533. The van der Waals surface area contributed by atoms with Gasteiger partial charge in [-0.05, 0) is 23.1 Å². The zero-order valence-corrected chi connectivity index (χ0v) is 11.7. The molecule has 0 aliphatic rings. The van der Waals surface area contributed by atoms with E-state index in [-0.39, 0.29) is 10.8 Å². The molecule has 0 amide bonds. The number of nitrogens with zero attached hydrogens (tertiary/aromatic N) is 2. The van der Waals surface area contributed by atoms with Gasteiger partial charge < -0.3 is 4.40 Å². The quantitative estimate of drug-likeness (QED) is 0.670. The predicted molar refractivity (Wildman–Crippen MR) is 72.6 cm³/mol. The highest BCUT2D eigenvalue weighted by molar-refractivity contribution is 5.51. The van der Waals surface area contributed by atoms with E-state index in [0.717, 1.165) is 5.65 Å². The van der Waals surface area contributed by atoms with Crippen molar-refractivity contribution in [3.63, 3.8) is 0 Å². The molecule has 17 heavy (non-hydrogen) atoms. The molecular weight excluding hydrogens is 208 g/mol. The van der Waals surface area contributed by atoms with Gasteiger partial charge in [0.15, 0.2) is 0 Å². The fourth-order valence-corrected chi connectivity index (χ4v) is 2.34. The van der Waals surface area contributed by atoms with Crippen LogP contribution in [0.3, 0.4) is 0 Å². The summed E-state index contributed by atoms with van der Waals surface area (Å²) in [6, 6.07) is 4.22. The van der Waals surface area contributed by atoms with Gasteiger partial charge in [0.2, 0.25) is 0 Å². The summed E-state index contributed by atoms with van der Waals surface area (Å²) >= 11 is 0. The zero-order valence-electron chi connectivity index (χ0n) is 11.7. The van der Waals surface area contributed by atoms with Gasteiger partial charge in [-0.3, -0.25) is 0 Å². The van der Waals surface area contributed by atoms with E-state index < -0.39 is 0 Å². The van der Waals surface area contributed by atoms with Crippen molar-refractivity contribution < 1.29 is 0 Å². The molecule has 0 bridgehead atoms. The number of fused-ring (bicyclic) bond motifs is 1.